The zero-order valence-corrected chi connectivity index (χ0v) is 6.48. The summed E-state index contributed by atoms with van der Waals surface area (Å²) in [5, 5.41) is 0. The van der Waals surface area contributed by atoms with Gasteiger partial charge in [0.05, 0.1) is 12.1 Å². The smallest absolute Gasteiger partial charge is 0.410 e. The van der Waals surface area contributed by atoms with E-state index in [1.165, 1.54) is 6.20 Å². The number of halogens is 2. The second-order valence-corrected chi connectivity index (χ2v) is 1.77. The van der Waals surface area contributed by atoms with Gasteiger partial charge in [0.1, 0.15) is 5.76 Å². The first kappa shape index (κ1) is 9.39. The van der Waals surface area contributed by atoms with Gasteiger partial charge in [-0.15, -0.1) is 24.0 Å². The molecule has 0 saturated heterocycles. The van der Waals surface area contributed by atoms with Crippen molar-refractivity contribution in [2.24, 2.45) is 0 Å². The molecule has 10 heavy (non-hydrogen) atoms. The highest BCUT2D eigenvalue weighted by Gasteiger charge is 1.98. The maximum atomic E-state index is 10.4. The highest BCUT2D eigenvalue weighted by molar-refractivity contribution is 6.16. The molecule has 0 aliphatic carbocycles. The summed E-state index contributed by atoms with van der Waals surface area (Å²) in [5.74, 6) is 5.02. The lowest BCUT2D eigenvalue weighted by Crippen LogP contribution is -2.20. The predicted octanol–water partition coefficient (Wildman–Crippen LogP) is 0.316. The van der Waals surface area contributed by atoms with Crippen LogP contribution in [0.3, 0.4) is 0 Å². The van der Waals surface area contributed by atoms with Crippen molar-refractivity contribution in [2.75, 3.05) is 5.84 Å². The number of oxazole rings is 1. The largest absolute Gasteiger partial charge is 0.437 e. The van der Waals surface area contributed by atoms with Crippen LogP contribution in [0.5, 0.6) is 0 Å². The molecule has 0 atom stereocenters. The molecule has 1 aromatic heterocycles. The molecular weight excluding hydrogens is 179 g/mol. The van der Waals surface area contributed by atoms with Gasteiger partial charge >= 0.3 is 5.76 Å². The average molecular weight is 185 g/mol. The van der Waals surface area contributed by atoms with Gasteiger partial charge in [0, 0.05) is 0 Å². The molecule has 58 valence electrons. The van der Waals surface area contributed by atoms with Crippen molar-refractivity contribution in [3.63, 3.8) is 0 Å². The standard InChI is InChI=1S/C4H5ClN2O2.ClH/c5-1-3-2-7(6)4(8)9-3;/h2H,1,6H2;1H. The maximum absolute atomic E-state index is 10.4. The van der Waals surface area contributed by atoms with Gasteiger partial charge < -0.3 is 10.3 Å². The molecule has 1 heterocycles. The molecule has 0 amide bonds. The number of nitrogens with zero attached hydrogens (tertiary/aromatic N) is 1. The molecule has 4 nitrogen and oxygen atoms in total. The van der Waals surface area contributed by atoms with Gasteiger partial charge in [-0.3, -0.25) is 0 Å². The first-order valence-corrected chi connectivity index (χ1v) is 2.80. The lowest BCUT2D eigenvalue weighted by atomic mass is 10.6. The van der Waals surface area contributed by atoms with Crippen molar-refractivity contribution in [2.45, 2.75) is 5.88 Å². The Morgan fingerprint density at radius 1 is 1.80 bits per heavy atom. The highest BCUT2D eigenvalue weighted by Crippen LogP contribution is 1.96. The molecule has 0 bridgehead atoms. The second kappa shape index (κ2) is 3.53. The van der Waals surface area contributed by atoms with E-state index in [0.717, 1.165) is 4.68 Å². The first-order chi connectivity index (χ1) is 4.24. The summed E-state index contributed by atoms with van der Waals surface area (Å²) >= 11 is 5.31. The van der Waals surface area contributed by atoms with E-state index in [2.05, 4.69) is 4.42 Å². The number of alkyl halides is 1. The normalized spacial score (nSPS) is 8.90. The van der Waals surface area contributed by atoms with E-state index >= 15 is 0 Å². The minimum atomic E-state index is -0.592. The Morgan fingerprint density at radius 3 is 2.60 bits per heavy atom. The number of aromatic nitrogens is 1. The Balaban J connectivity index is 0.000000810. The lowest BCUT2D eigenvalue weighted by Gasteiger charge is -1.78. The molecule has 0 aliphatic rings. The molecule has 0 unspecified atom stereocenters. The molecular formula is C4H6Cl2N2O2. The molecule has 1 rings (SSSR count). The molecule has 0 saturated carbocycles. The number of hydrogen-bond acceptors (Lipinski definition) is 3. The molecule has 2 N–H and O–H groups in total. The Morgan fingerprint density at radius 2 is 2.40 bits per heavy atom. The van der Waals surface area contributed by atoms with E-state index in [9.17, 15) is 4.79 Å². The molecule has 1 aromatic rings. The van der Waals surface area contributed by atoms with Crippen LogP contribution in [0.4, 0.5) is 0 Å². The first-order valence-electron chi connectivity index (χ1n) is 2.26. The minimum Gasteiger partial charge on any atom is -0.410 e. The predicted molar refractivity (Wildman–Crippen MR) is 39.9 cm³/mol. The van der Waals surface area contributed by atoms with Crippen LogP contribution in [-0.2, 0) is 5.88 Å². The van der Waals surface area contributed by atoms with Crippen LogP contribution in [0, 0.1) is 0 Å². The van der Waals surface area contributed by atoms with Crippen LogP contribution >= 0.6 is 24.0 Å². The molecule has 0 radical (unpaired) electrons. The van der Waals surface area contributed by atoms with Gasteiger partial charge in [-0.25, -0.2) is 4.79 Å². The van der Waals surface area contributed by atoms with Crippen LogP contribution in [0.1, 0.15) is 5.76 Å². The molecule has 6 heteroatoms. The van der Waals surface area contributed by atoms with E-state index in [1.807, 2.05) is 0 Å². The Kier molecular flexibility index (Phi) is 3.32. The van der Waals surface area contributed by atoms with Crippen molar-refractivity contribution in [1.29, 1.82) is 0 Å². The zero-order chi connectivity index (χ0) is 6.85. The third-order valence-electron chi connectivity index (χ3n) is 0.844. The topological polar surface area (TPSA) is 61.2 Å². The van der Waals surface area contributed by atoms with Crippen molar-refractivity contribution < 1.29 is 4.42 Å². The maximum Gasteiger partial charge on any atom is 0.437 e. The van der Waals surface area contributed by atoms with Gasteiger partial charge in [-0.05, 0) is 0 Å². The van der Waals surface area contributed by atoms with Gasteiger partial charge in [-0.1, -0.05) is 0 Å². The van der Waals surface area contributed by atoms with Crippen LogP contribution in [-0.4, -0.2) is 4.68 Å². The van der Waals surface area contributed by atoms with E-state index in [4.69, 9.17) is 17.4 Å². The van der Waals surface area contributed by atoms with Crippen LogP contribution in [0.15, 0.2) is 15.4 Å². The summed E-state index contributed by atoms with van der Waals surface area (Å²) in [6, 6.07) is 0. The SMILES string of the molecule is Cl.Nn1cc(CCl)oc1=O. The summed E-state index contributed by atoms with van der Waals surface area (Å²) in [6.45, 7) is 0. The van der Waals surface area contributed by atoms with Crippen LogP contribution in [0.2, 0.25) is 0 Å². The third kappa shape index (κ3) is 1.68. The highest BCUT2D eigenvalue weighted by atomic mass is 35.5. The Bertz CT molecular complexity index is 254. The fourth-order valence-corrected chi connectivity index (χ4v) is 0.584. The number of nitrogen functional groups attached to an aromatic ring is 1. The quantitative estimate of drug-likeness (QED) is 0.506. The van der Waals surface area contributed by atoms with Gasteiger partial charge in [-0.2, -0.15) is 4.68 Å². The van der Waals surface area contributed by atoms with Gasteiger partial charge in [0.25, 0.3) is 0 Å². The van der Waals surface area contributed by atoms with Crippen molar-refractivity contribution in [3.05, 3.63) is 22.5 Å². The second-order valence-electron chi connectivity index (χ2n) is 1.50. The number of hydrogen-bond donors (Lipinski definition) is 1. The number of nitrogens with two attached hydrogens (primary N) is 1. The van der Waals surface area contributed by atoms with Crippen molar-refractivity contribution >= 4 is 24.0 Å². The summed E-state index contributed by atoms with van der Waals surface area (Å²) < 4.78 is 5.36. The van der Waals surface area contributed by atoms with E-state index in [0.29, 0.717) is 5.76 Å². The van der Waals surface area contributed by atoms with Gasteiger partial charge in [0.15, 0.2) is 0 Å². The summed E-state index contributed by atoms with van der Waals surface area (Å²) in [7, 11) is 0. The van der Waals surface area contributed by atoms with E-state index in [1.54, 1.807) is 0 Å². The average Bonchev–Trinajstić information content (AvgIpc) is 2.13. The van der Waals surface area contributed by atoms with Crippen LogP contribution in [0.25, 0.3) is 0 Å². The summed E-state index contributed by atoms with van der Waals surface area (Å²) in [5.41, 5.74) is 0. The fraction of sp³-hybridized carbons (Fsp3) is 0.250. The third-order valence-corrected chi connectivity index (χ3v) is 1.11. The monoisotopic (exact) mass is 184 g/mol. The van der Waals surface area contributed by atoms with Gasteiger partial charge in [0.2, 0.25) is 0 Å². The molecule has 0 aliphatic heterocycles. The van der Waals surface area contributed by atoms with Crippen LogP contribution < -0.4 is 11.6 Å². The Labute approximate surface area is 67.9 Å². The Hall–Kier alpha value is -0.610. The van der Waals surface area contributed by atoms with Crippen molar-refractivity contribution in [1.82, 2.24) is 4.68 Å². The zero-order valence-electron chi connectivity index (χ0n) is 4.91. The van der Waals surface area contributed by atoms with Crippen molar-refractivity contribution in [3.8, 4) is 0 Å². The minimum absolute atomic E-state index is 0. The van der Waals surface area contributed by atoms with E-state index in [-0.39, 0.29) is 18.3 Å². The van der Waals surface area contributed by atoms with E-state index < -0.39 is 5.76 Å². The fourth-order valence-electron chi connectivity index (χ4n) is 0.461. The molecule has 0 aromatic carbocycles. The summed E-state index contributed by atoms with van der Waals surface area (Å²) in [6.07, 6.45) is 1.34. The number of rotatable bonds is 1. The molecule has 0 spiro atoms. The summed E-state index contributed by atoms with van der Waals surface area (Å²) in [4.78, 5) is 10.4. The lowest BCUT2D eigenvalue weighted by molar-refractivity contribution is 0.472. The molecule has 0 fully saturated rings.